The number of ether oxygens (including phenoxy) is 1. The number of rotatable bonds is 9. The van der Waals surface area contributed by atoms with E-state index in [9.17, 15) is 30.4 Å². The van der Waals surface area contributed by atoms with Gasteiger partial charge in [0.25, 0.3) is 0 Å². The summed E-state index contributed by atoms with van der Waals surface area (Å²) >= 11 is 0. The van der Waals surface area contributed by atoms with Gasteiger partial charge in [0.05, 0.1) is 10.5 Å². The predicted molar refractivity (Wildman–Crippen MR) is 144 cm³/mol. The molecule has 220 valence electrons. The highest BCUT2D eigenvalue weighted by Crippen LogP contribution is 2.40. The Morgan fingerprint density at radius 2 is 1.34 bits per heavy atom. The van der Waals surface area contributed by atoms with Crippen molar-refractivity contribution in [3.8, 4) is 0 Å². The third-order valence-corrected chi connectivity index (χ3v) is 9.85. The second kappa shape index (κ2) is 11.8. The number of sulfonamides is 1. The second-order valence-corrected chi connectivity index (χ2v) is 12.4. The van der Waals surface area contributed by atoms with E-state index in [4.69, 9.17) is 4.74 Å². The van der Waals surface area contributed by atoms with Gasteiger partial charge in [-0.15, -0.1) is 0 Å². The third-order valence-electron chi connectivity index (χ3n) is 7.85. The summed E-state index contributed by atoms with van der Waals surface area (Å²) < 4.78 is 102. The van der Waals surface area contributed by atoms with Crippen molar-refractivity contribution in [1.82, 2.24) is 9.21 Å². The largest absolute Gasteiger partial charge is 0.416 e. The molecule has 2 fully saturated rings. The standard InChI is InChI=1S/C30H31F5N2O3S/c1-40-29(28(20-5-9-23(31)10-6-20)21-7-11-24(32)12-8-21)36-17-15-26(16-18-36)37(25-13-14-25)41(38,39)27-4-2-3-22(19-27)30(33,34)35/h2-12,19,25-26,28-29H,13-18H2,1H3. The summed E-state index contributed by atoms with van der Waals surface area (Å²) in [6.07, 6.45) is -2.93. The molecule has 1 aliphatic heterocycles. The number of hydrogen-bond donors (Lipinski definition) is 0. The van der Waals surface area contributed by atoms with Gasteiger partial charge >= 0.3 is 6.18 Å². The average Bonchev–Trinajstić information content (AvgIpc) is 3.78. The Hall–Kier alpha value is -2.86. The smallest absolute Gasteiger partial charge is 0.365 e. The highest BCUT2D eigenvalue weighted by molar-refractivity contribution is 7.89. The molecule has 0 spiro atoms. The molecule has 1 saturated heterocycles. The minimum atomic E-state index is -4.65. The molecule has 1 atom stereocenters. The Balaban J connectivity index is 1.38. The summed E-state index contributed by atoms with van der Waals surface area (Å²) in [5, 5.41) is 0. The number of alkyl halides is 3. The molecule has 1 unspecified atom stereocenters. The Labute approximate surface area is 236 Å². The summed E-state index contributed by atoms with van der Waals surface area (Å²) in [5.41, 5.74) is 0.553. The van der Waals surface area contributed by atoms with Crippen LogP contribution in [-0.4, -0.2) is 56.1 Å². The first kappa shape index (κ1) is 29.6. The van der Waals surface area contributed by atoms with Gasteiger partial charge in [0, 0.05) is 38.2 Å². The molecule has 0 aromatic heterocycles. The molecule has 1 saturated carbocycles. The predicted octanol–water partition coefficient (Wildman–Crippen LogP) is 6.41. The van der Waals surface area contributed by atoms with Crippen LogP contribution < -0.4 is 0 Å². The maximum Gasteiger partial charge on any atom is 0.416 e. The normalized spacial score (nSPS) is 18.2. The maximum absolute atomic E-state index is 13.7. The summed E-state index contributed by atoms with van der Waals surface area (Å²) in [6, 6.07) is 15.4. The van der Waals surface area contributed by atoms with Gasteiger partial charge in [-0.1, -0.05) is 30.3 Å². The second-order valence-electron chi connectivity index (χ2n) is 10.6. The number of piperidine rings is 1. The Morgan fingerprint density at radius 1 is 0.829 bits per heavy atom. The number of likely N-dealkylation sites (tertiary alicyclic amines) is 1. The SMILES string of the molecule is COC(C(c1ccc(F)cc1)c1ccc(F)cc1)N1CCC(N(C2CC2)S(=O)(=O)c2cccc(C(F)(F)F)c2)CC1. The third kappa shape index (κ3) is 6.48. The van der Waals surface area contributed by atoms with Crippen LogP contribution in [0, 0.1) is 11.6 Å². The van der Waals surface area contributed by atoms with E-state index in [1.54, 1.807) is 31.4 Å². The van der Waals surface area contributed by atoms with Gasteiger partial charge in [0.15, 0.2) is 0 Å². The van der Waals surface area contributed by atoms with Crippen molar-refractivity contribution >= 4 is 10.0 Å². The van der Waals surface area contributed by atoms with Crippen molar-refractivity contribution in [2.45, 2.75) is 61.0 Å². The molecule has 1 aliphatic carbocycles. The highest BCUT2D eigenvalue weighted by atomic mass is 32.2. The topological polar surface area (TPSA) is 49.9 Å². The molecule has 0 amide bonds. The van der Waals surface area contributed by atoms with E-state index < -0.39 is 28.0 Å². The molecule has 3 aromatic rings. The lowest BCUT2D eigenvalue weighted by Crippen LogP contribution is -2.52. The molecule has 11 heteroatoms. The molecule has 0 N–H and O–H groups in total. The van der Waals surface area contributed by atoms with Crippen LogP contribution in [0.4, 0.5) is 22.0 Å². The highest BCUT2D eigenvalue weighted by Gasteiger charge is 2.45. The number of halogens is 5. The number of nitrogens with zero attached hydrogens (tertiary/aromatic N) is 2. The van der Waals surface area contributed by atoms with Crippen LogP contribution in [-0.2, 0) is 20.9 Å². The zero-order chi connectivity index (χ0) is 29.4. The van der Waals surface area contributed by atoms with Crippen LogP contribution in [0.2, 0.25) is 0 Å². The Morgan fingerprint density at radius 3 is 1.80 bits per heavy atom. The Bertz CT molecular complexity index is 1390. The van der Waals surface area contributed by atoms with Crippen LogP contribution in [0.3, 0.4) is 0 Å². The van der Waals surface area contributed by atoms with E-state index in [-0.39, 0.29) is 34.5 Å². The van der Waals surface area contributed by atoms with Crippen LogP contribution in [0.25, 0.3) is 0 Å². The van der Waals surface area contributed by atoms with Crippen molar-refractivity contribution in [2.24, 2.45) is 0 Å². The first-order chi connectivity index (χ1) is 19.5. The van der Waals surface area contributed by atoms with Crippen LogP contribution in [0.1, 0.15) is 48.3 Å². The lowest BCUT2D eigenvalue weighted by molar-refractivity contribution is -0.137. The van der Waals surface area contributed by atoms with E-state index in [1.165, 1.54) is 34.6 Å². The molecular formula is C30H31F5N2O3S. The van der Waals surface area contributed by atoms with Gasteiger partial charge in [-0.05, 0) is 79.3 Å². The molecular weight excluding hydrogens is 563 g/mol. The van der Waals surface area contributed by atoms with Crippen LogP contribution in [0.5, 0.6) is 0 Å². The van der Waals surface area contributed by atoms with Gasteiger partial charge < -0.3 is 4.74 Å². The molecule has 1 heterocycles. The van der Waals surface area contributed by atoms with Crippen molar-refractivity contribution in [1.29, 1.82) is 0 Å². The first-order valence-corrected chi connectivity index (χ1v) is 14.9. The van der Waals surface area contributed by atoms with Gasteiger partial charge in [-0.3, -0.25) is 4.90 Å². The summed E-state index contributed by atoms with van der Waals surface area (Å²) in [4.78, 5) is 1.72. The van der Waals surface area contributed by atoms with Gasteiger partial charge in [-0.25, -0.2) is 17.2 Å². The van der Waals surface area contributed by atoms with Crippen LogP contribution >= 0.6 is 0 Å². The van der Waals surface area contributed by atoms with E-state index in [0.717, 1.165) is 23.3 Å². The molecule has 3 aromatic carbocycles. The van der Waals surface area contributed by atoms with Crippen molar-refractivity contribution in [2.75, 3.05) is 20.2 Å². The fourth-order valence-electron chi connectivity index (χ4n) is 5.73. The molecule has 5 rings (SSSR count). The quantitative estimate of drug-likeness (QED) is 0.269. The van der Waals surface area contributed by atoms with E-state index >= 15 is 0 Å². The Kier molecular flexibility index (Phi) is 8.52. The zero-order valence-corrected chi connectivity index (χ0v) is 23.2. The van der Waals surface area contributed by atoms with Crippen molar-refractivity contribution in [3.05, 3.63) is 101 Å². The van der Waals surface area contributed by atoms with Gasteiger partial charge in [0.2, 0.25) is 10.0 Å². The zero-order valence-electron chi connectivity index (χ0n) is 22.4. The minimum Gasteiger partial charge on any atom is -0.365 e. The number of methoxy groups -OCH3 is 1. The van der Waals surface area contributed by atoms with E-state index in [0.29, 0.717) is 44.8 Å². The van der Waals surface area contributed by atoms with Gasteiger partial charge in [0.1, 0.15) is 17.9 Å². The number of benzene rings is 3. The molecule has 41 heavy (non-hydrogen) atoms. The lowest BCUT2D eigenvalue weighted by atomic mass is 9.88. The molecule has 0 radical (unpaired) electrons. The summed E-state index contributed by atoms with van der Waals surface area (Å²) in [5.74, 6) is -1.15. The number of hydrogen-bond acceptors (Lipinski definition) is 4. The monoisotopic (exact) mass is 594 g/mol. The maximum atomic E-state index is 13.7. The minimum absolute atomic E-state index is 0.240. The van der Waals surface area contributed by atoms with Crippen molar-refractivity contribution < 1.29 is 35.1 Å². The first-order valence-electron chi connectivity index (χ1n) is 13.5. The lowest BCUT2D eigenvalue weighted by Gasteiger charge is -2.43. The molecule has 2 aliphatic rings. The fourth-order valence-corrected chi connectivity index (χ4v) is 7.70. The fraction of sp³-hybridized carbons (Fsp3) is 0.400. The summed E-state index contributed by atoms with van der Waals surface area (Å²) in [6.45, 7) is 0.923. The van der Waals surface area contributed by atoms with E-state index in [1.807, 2.05) is 0 Å². The van der Waals surface area contributed by atoms with Crippen molar-refractivity contribution in [3.63, 3.8) is 0 Å². The van der Waals surface area contributed by atoms with Crippen LogP contribution in [0.15, 0.2) is 77.7 Å². The molecule has 0 bridgehead atoms. The molecule has 5 nitrogen and oxygen atoms in total. The average molecular weight is 595 g/mol. The summed E-state index contributed by atoms with van der Waals surface area (Å²) in [7, 11) is -2.60. The van der Waals surface area contributed by atoms with Gasteiger partial charge in [-0.2, -0.15) is 17.5 Å². The van der Waals surface area contributed by atoms with E-state index in [2.05, 4.69) is 4.90 Å².